The fraction of sp³-hybridized carbons (Fsp3) is 0.235. The monoisotopic (exact) mass is 346 g/mol. The third-order valence-corrected chi connectivity index (χ3v) is 5.23. The Labute approximate surface area is 141 Å². The second-order valence-corrected chi connectivity index (χ2v) is 7.33. The summed E-state index contributed by atoms with van der Waals surface area (Å²) in [5, 5.41) is 0. The first-order chi connectivity index (χ1) is 11.4. The number of nitrogens with one attached hydrogen (secondary N) is 1. The van der Waals surface area contributed by atoms with Crippen LogP contribution in [-0.2, 0) is 14.8 Å². The number of benzene rings is 2. The van der Waals surface area contributed by atoms with Crippen LogP contribution in [0.4, 0.5) is 11.4 Å². The molecule has 0 saturated heterocycles. The number of nitrogens with zero attached hydrogens (tertiary/aromatic N) is 1. The highest BCUT2D eigenvalue weighted by Gasteiger charge is 2.23. The van der Waals surface area contributed by atoms with E-state index in [0.29, 0.717) is 17.1 Å². The Kier molecular flexibility index (Phi) is 4.19. The molecule has 24 heavy (non-hydrogen) atoms. The van der Waals surface area contributed by atoms with Gasteiger partial charge in [0.15, 0.2) is 0 Å². The zero-order valence-corrected chi connectivity index (χ0v) is 14.3. The van der Waals surface area contributed by atoms with Gasteiger partial charge in [-0.1, -0.05) is 17.7 Å². The van der Waals surface area contributed by atoms with Crippen LogP contribution in [0.3, 0.4) is 0 Å². The first kappa shape index (κ1) is 16.3. The van der Waals surface area contributed by atoms with E-state index in [2.05, 4.69) is 4.72 Å². The lowest BCUT2D eigenvalue weighted by Crippen LogP contribution is -2.25. The molecule has 0 unspecified atom stereocenters. The number of carbonyl (C=O) groups excluding carboxylic acids is 1. The SMILES string of the molecule is Cc1ccc(NS(=O)(=O)c2ccc3c(c2)N(C)C(=O)CCO3)cc1. The van der Waals surface area contributed by atoms with Crippen LogP contribution in [0.1, 0.15) is 12.0 Å². The summed E-state index contributed by atoms with van der Waals surface area (Å²) < 4.78 is 33.2. The van der Waals surface area contributed by atoms with E-state index in [1.54, 1.807) is 25.2 Å². The molecule has 0 atom stereocenters. The van der Waals surface area contributed by atoms with E-state index in [-0.39, 0.29) is 23.8 Å². The highest BCUT2D eigenvalue weighted by molar-refractivity contribution is 7.92. The van der Waals surface area contributed by atoms with Crippen LogP contribution in [0.5, 0.6) is 5.75 Å². The molecule has 7 heteroatoms. The molecule has 1 N–H and O–H groups in total. The second kappa shape index (κ2) is 6.16. The van der Waals surface area contributed by atoms with Gasteiger partial charge in [0.1, 0.15) is 5.75 Å². The number of ether oxygens (including phenoxy) is 1. The third kappa shape index (κ3) is 3.21. The maximum Gasteiger partial charge on any atom is 0.261 e. The summed E-state index contributed by atoms with van der Waals surface area (Å²) in [5.74, 6) is 0.382. The molecule has 0 fully saturated rings. The Balaban J connectivity index is 1.95. The van der Waals surface area contributed by atoms with E-state index in [0.717, 1.165) is 5.56 Å². The number of rotatable bonds is 3. The van der Waals surface area contributed by atoms with Gasteiger partial charge >= 0.3 is 0 Å². The van der Waals surface area contributed by atoms with Gasteiger partial charge in [0.25, 0.3) is 10.0 Å². The second-order valence-electron chi connectivity index (χ2n) is 5.65. The fourth-order valence-electron chi connectivity index (χ4n) is 2.43. The van der Waals surface area contributed by atoms with Crippen molar-refractivity contribution in [1.29, 1.82) is 0 Å². The van der Waals surface area contributed by atoms with Gasteiger partial charge < -0.3 is 9.64 Å². The number of fused-ring (bicyclic) bond motifs is 1. The van der Waals surface area contributed by atoms with Gasteiger partial charge in [0.2, 0.25) is 5.91 Å². The van der Waals surface area contributed by atoms with Crippen molar-refractivity contribution in [1.82, 2.24) is 0 Å². The molecule has 0 aromatic heterocycles. The molecule has 2 aromatic rings. The Morgan fingerprint density at radius 3 is 2.54 bits per heavy atom. The maximum atomic E-state index is 12.6. The van der Waals surface area contributed by atoms with Crippen molar-refractivity contribution < 1.29 is 17.9 Å². The summed E-state index contributed by atoms with van der Waals surface area (Å²) in [6, 6.07) is 11.6. The van der Waals surface area contributed by atoms with Crippen LogP contribution < -0.4 is 14.4 Å². The lowest BCUT2D eigenvalue weighted by atomic mass is 10.2. The van der Waals surface area contributed by atoms with Crippen molar-refractivity contribution in [2.75, 3.05) is 23.3 Å². The largest absolute Gasteiger partial charge is 0.491 e. The molecular weight excluding hydrogens is 328 g/mol. The van der Waals surface area contributed by atoms with E-state index in [1.807, 2.05) is 19.1 Å². The van der Waals surface area contributed by atoms with Crippen LogP contribution in [0, 0.1) is 6.92 Å². The molecule has 2 aromatic carbocycles. The van der Waals surface area contributed by atoms with Crippen molar-refractivity contribution in [2.45, 2.75) is 18.2 Å². The number of carbonyl (C=O) groups is 1. The van der Waals surface area contributed by atoms with Crippen molar-refractivity contribution in [2.24, 2.45) is 0 Å². The summed E-state index contributed by atoms with van der Waals surface area (Å²) in [5.41, 5.74) is 1.97. The topological polar surface area (TPSA) is 75.7 Å². The summed E-state index contributed by atoms with van der Waals surface area (Å²) in [6.45, 7) is 2.21. The summed E-state index contributed by atoms with van der Waals surface area (Å²) in [7, 11) is -2.15. The Morgan fingerprint density at radius 1 is 1.12 bits per heavy atom. The molecule has 0 saturated carbocycles. The van der Waals surface area contributed by atoms with Crippen molar-refractivity contribution in [3.8, 4) is 5.75 Å². The normalized spacial score (nSPS) is 14.6. The van der Waals surface area contributed by atoms with Gasteiger partial charge in [-0.15, -0.1) is 0 Å². The highest BCUT2D eigenvalue weighted by Crippen LogP contribution is 2.33. The smallest absolute Gasteiger partial charge is 0.261 e. The molecule has 0 spiro atoms. The van der Waals surface area contributed by atoms with Gasteiger partial charge in [-0.2, -0.15) is 0 Å². The Morgan fingerprint density at radius 2 is 1.83 bits per heavy atom. The van der Waals surface area contributed by atoms with Crippen LogP contribution in [0.2, 0.25) is 0 Å². The molecule has 1 aliphatic rings. The molecule has 0 bridgehead atoms. The van der Waals surface area contributed by atoms with Crippen molar-refractivity contribution in [3.63, 3.8) is 0 Å². The van der Waals surface area contributed by atoms with Crippen molar-refractivity contribution >= 4 is 27.3 Å². The van der Waals surface area contributed by atoms with Gasteiger partial charge in [0.05, 0.1) is 23.6 Å². The van der Waals surface area contributed by atoms with Gasteiger partial charge in [-0.05, 0) is 37.3 Å². The number of hydrogen-bond donors (Lipinski definition) is 1. The zero-order chi connectivity index (χ0) is 17.3. The van der Waals surface area contributed by atoms with E-state index in [4.69, 9.17) is 4.74 Å². The predicted molar refractivity (Wildman–Crippen MR) is 92.0 cm³/mol. The molecular formula is C17H18N2O4S. The highest BCUT2D eigenvalue weighted by atomic mass is 32.2. The summed E-state index contributed by atoms with van der Waals surface area (Å²) in [6.07, 6.45) is 0.259. The minimum absolute atomic E-state index is 0.0759. The average molecular weight is 346 g/mol. The number of anilines is 2. The average Bonchev–Trinajstić information content (AvgIpc) is 2.69. The van der Waals surface area contributed by atoms with Crippen LogP contribution in [-0.4, -0.2) is 28.0 Å². The van der Waals surface area contributed by atoms with Gasteiger partial charge in [-0.25, -0.2) is 8.42 Å². The molecule has 126 valence electrons. The number of amides is 1. The summed E-state index contributed by atoms with van der Waals surface area (Å²) >= 11 is 0. The Hall–Kier alpha value is -2.54. The standard InChI is InChI=1S/C17H18N2O4S/c1-12-3-5-13(6-4-12)18-24(21,22)14-7-8-16-15(11-14)19(2)17(20)9-10-23-16/h3-8,11,18H,9-10H2,1-2H3. The minimum atomic E-state index is -3.76. The van der Waals surface area contributed by atoms with E-state index >= 15 is 0 Å². The lowest BCUT2D eigenvalue weighted by molar-refractivity contribution is -0.118. The molecule has 1 amide bonds. The van der Waals surface area contributed by atoms with E-state index in [9.17, 15) is 13.2 Å². The van der Waals surface area contributed by atoms with Crippen LogP contribution >= 0.6 is 0 Å². The lowest BCUT2D eigenvalue weighted by Gasteiger charge is -2.17. The Bertz CT molecular complexity index is 876. The molecule has 1 heterocycles. The molecule has 1 aliphatic heterocycles. The molecule has 0 aliphatic carbocycles. The number of hydrogen-bond acceptors (Lipinski definition) is 4. The first-order valence-electron chi connectivity index (χ1n) is 7.50. The third-order valence-electron chi connectivity index (χ3n) is 3.85. The number of sulfonamides is 1. The van der Waals surface area contributed by atoms with E-state index in [1.165, 1.54) is 17.0 Å². The first-order valence-corrected chi connectivity index (χ1v) is 8.98. The molecule has 3 rings (SSSR count). The zero-order valence-electron chi connectivity index (χ0n) is 13.4. The summed E-state index contributed by atoms with van der Waals surface area (Å²) in [4.78, 5) is 13.4. The van der Waals surface area contributed by atoms with Crippen LogP contribution in [0.25, 0.3) is 0 Å². The predicted octanol–water partition coefficient (Wildman–Crippen LogP) is 2.54. The van der Waals surface area contributed by atoms with Gasteiger partial charge in [0, 0.05) is 12.7 Å². The number of aryl methyl sites for hydroxylation is 1. The van der Waals surface area contributed by atoms with Gasteiger partial charge in [-0.3, -0.25) is 9.52 Å². The quantitative estimate of drug-likeness (QED) is 0.927. The van der Waals surface area contributed by atoms with Crippen molar-refractivity contribution in [3.05, 3.63) is 48.0 Å². The minimum Gasteiger partial charge on any atom is -0.491 e. The fourth-order valence-corrected chi connectivity index (χ4v) is 3.51. The van der Waals surface area contributed by atoms with Crippen LogP contribution in [0.15, 0.2) is 47.4 Å². The molecule has 0 radical (unpaired) electrons. The van der Waals surface area contributed by atoms with E-state index < -0.39 is 10.0 Å². The maximum absolute atomic E-state index is 12.6. The molecule has 6 nitrogen and oxygen atoms in total.